The highest BCUT2D eigenvalue weighted by Gasteiger charge is 2.27. The molecule has 1 aromatic carbocycles. The van der Waals surface area contributed by atoms with E-state index >= 15 is 4.39 Å². The lowest BCUT2D eigenvalue weighted by molar-refractivity contribution is -0.159. The summed E-state index contributed by atoms with van der Waals surface area (Å²) in [4.78, 5) is 16.4. The van der Waals surface area contributed by atoms with E-state index in [1.165, 1.54) is 6.42 Å². The zero-order chi connectivity index (χ0) is 27.2. The second-order valence-corrected chi connectivity index (χ2v) is 11.3. The first-order chi connectivity index (χ1) is 17.5. The number of esters is 1. The molecule has 1 unspecified atom stereocenters. The Morgan fingerprint density at radius 2 is 1.81 bits per heavy atom. The molecule has 1 fully saturated rings. The first-order valence-corrected chi connectivity index (χ1v) is 13.6. The van der Waals surface area contributed by atoms with Gasteiger partial charge in [-0.2, -0.15) is 0 Å². The van der Waals surface area contributed by atoms with Crippen LogP contribution in [0.4, 0.5) is 4.39 Å². The molecule has 37 heavy (non-hydrogen) atoms. The molecule has 1 saturated carbocycles. The monoisotopic (exact) mass is 536 g/mol. The van der Waals surface area contributed by atoms with Crippen molar-refractivity contribution in [1.82, 2.24) is 4.98 Å². The van der Waals surface area contributed by atoms with Crippen molar-refractivity contribution in [3.8, 4) is 11.5 Å². The van der Waals surface area contributed by atoms with Crippen molar-refractivity contribution in [2.24, 2.45) is 5.41 Å². The Kier molecular flexibility index (Phi) is 9.99. The Bertz CT molecular complexity index is 1130. The highest BCUT2D eigenvalue weighted by Crippen LogP contribution is 2.36. The van der Waals surface area contributed by atoms with Crippen molar-refractivity contribution in [2.45, 2.75) is 79.1 Å². The zero-order valence-corrected chi connectivity index (χ0v) is 23.0. The van der Waals surface area contributed by atoms with Crippen LogP contribution in [0.3, 0.4) is 0 Å². The van der Waals surface area contributed by atoms with Gasteiger partial charge in [-0.05, 0) is 82.3 Å². The van der Waals surface area contributed by atoms with Crippen LogP contribution < -0.4 is 4.74 Å². The predicted octanol–water partition coefficient (Wildman–Crippen LogP) is 6.76. The molecule has 0 saturated heterocycles. The molecule has 1 N–H and O–H groups in total. The van der Waals surface area contributed by atoms with Crippen LogP contribution >= 0.6 is 8.25 Å². The Hall–Kier alpha value is -2.61. The van der Waals surface area contributed by atoms with Crippen molar-refractivity contribution in [3.63, 3.8) is 0 Å². The number of carbonyl (C=O) groups is 1. The number of pyridine rings is 1. The van der Waals surface area contributed by atoms with Crippen molar-refractivity contribution in [3.05, 3.63) is 52.1 Å². The quantitative estimate of drug-likeness (QED) is 0.202. The standard InChI is InChI=1S/C27H35FNO7P/c1-17-13-23(33-15-35-37(32)36-16-34-26(31)27(3,4)5)24(28)18(2)21(17)14-20-11-12-22(30)25(29-20)19-9-7-6-8-10-19/h11-13,19H,6-10,14-16H2,1-5H3/p+1. The van der Waals surface area contributed by atoms with Gasteiger partial charge in [0.25, 0.3) is 0 Å². The fourth-order valence-corrected chi connectivity index (χ4v) is 4.66. The van der Waals surface area contributed by atoms with E-state index in [0.29, 0.717) is 12.0 Å². The van der Waals surface area contributed by atoms with Gasteiger partial charge in [0.1, 0.15) is 5.75 Å². The molecule has 1 aliphatic carbocycles. The van der Waals surface area contributed by atoms with Gasteiger partial charge in [-0.25, -0.2) is 4.39 Å². The Morgan fingerprint density at radius 3 is 2.49 bits per heavy atom. The molecule has 2 aromatic rings. The summed E-state index contributed by atoms with van der Waals surface area (Å²) < 4.78 is 46.9. The Morgan fingerprint density at radius 1 is 1.14 bits per heavy atom. The van der Waals surface area contributed by atoms with E-state index in [1.807, 2.05) is 6.92 Å². The summed E-state index contributed by atoms with van der Waals surface area (Å²) in [5.41, 5.74) is 2.79. The molecule has 0 amide bonds. The number of nitrogens with zero attached hydrogens (tertiary/aromatic N) is 1. The lowest BCUT2D eigenvalue weighted by Gasteiger charge is -2.22. The highest BCUT2D eigenvalue weighted by molar-refractivity contribution is 7.33. The van der Waals surface area contributed by atoms with Crippen LogP contribution in [0, 0.1) is 25.1 Å². The van der Waals surface area contributed by atoms with E-state index in [1.54, 1.807) is 45.9 Å². The lowest BCUT2D eigenvalue weighted by Crippen LogP contribution is -2.23. The molecule has 1 aromatic heterocycles. The summed E-state index contributed by atoms with van der Waals surface area (Å²) in [6, 6.07) is 5.00. The number of aromatic hydroxyl groups is 1. The maximum Gasteiger partial charge on any atom is 0.704 e. The number of carbonyl (C=O) groups excluding carboxylic acids is 1. The van der Waals surface area contributed by atoms with Crippen LogP contribution in [0.5, 0.6) is 11.5 Å². The van der Waals surface area contributed by atoms with Gasteiger partial charge in [0.05, 0.1) is 11.1 Å². The first kappa shape index (κ1) is 29.0. The summed E-state index contributed by atoms with van der Waals surface area (Å²) >= 11 is 0. The van der Waals surface area contributed by atoms with Crippen molar-refractivity contribution in [2.75, 3.05) is 13.6 Å². The summed E-state index contributed by atoms with van der Waals surface area (Å²) in [5.74, 6) is -0.625. The molecular formula is C27H36FNO7P+. The van der Waals surface area contributed by atoms with Crippen LogP contribution in [-0.4, -0.2) is 29.6 Å². The molecule has 202 valence electrons. The number of aryl methyl sites for hydroxylation is 1. The summed E-state index contributed by atoms with van der Waals surface area (Å²) in [6.45, 7) is 7.52. The fraction of sp³-hybridized carbons (Fsp3) is 0.556. The number of halogens is 1. The number of hydrogen-bond donors (Lipinski definition) is 1. The molecule has 0 spiro atoms. The third-order valence-corrected chi connectivity index (χ3v) is 7.10. The Balaban J connectivity index is 1.59. The van der Waals surface area contributed by atoms with Gasteiger partial charge >= 0.3 is 14.2 Å². The van der Waals surface area contributed by atoms with Crippen LogP contribution in [0.2, 0.25) is 0 Å². The molecule has 1 heterocycles. The van der Waals surface area contributed by atoms with Gasteiger partial charge in [0, 0.05) is 22.6 Å². The number of benzene rings is 1. The molecule has 1 atom stereocenters. The highest BCUT2D eigenvalue weighted by atomic mass is 31.1. The average Bonchev–Trinajstić information content (AvgIpc) is 2.85. The average molecular weight is 537 g/mol. The van der Waals surface area contributed by atoms with Crippen LogP contribution in [-0.2, 0) is 29.6 Å². The third-order valence-electron chi connectivity index (χ3n) is 6.46. The smallest absolute Gasteiger partial charge is 0.506 e. The maximum atomic E-state index is 15.1. The van der Waals surface area contributed by atoms with Crippen LogP contribution in [0.1, 0.15) is 86.9 Å². The van der Waals surface area contributed by atoms with E-state index in [9.17, 15) is 14.5 Å². The largest absolute Gasteiger partial charge is 0.704 e. The van der Waals surface area contributed by atoms with Crippen LogP contribution in [0.15, 0.2) is 18.2 Å². The molecule has 0 aliphatic heterocycles. The zero-order valence-electron chi connectivity index (χ0n) is 22.1. The minimum Gasteiger partial charge on any atom is -0.506 e. The minimum absolute atomic E-state index is 0.0390. The maximum absolute atomic E-state index is 15.1. The minimum atomic E-state index is -2.62. The molecular weight excluding hydrogens is 500 g/mol. The predicted molar refractivity (Wildman–Crippen MR) is 136 cm³/mol. The number of rotatable bonds is 10. The number of hydrogen-bond acceptors (Lipinski definition) is 8. The molecule has 1 aliphatic rings. The van der Waals surface area contributed by atoms with E-state index in [4.69, 9.17) is 23.5 Å². The SMILES string of the molecule is Cc1cc(OCO[P+](=O)OCOC(=O)C(C)(C)C)c(F)c(C)c1Cc1ccc(O)c(C2CCCCC2)n1. The van der Waals surface area contributed by atoms with Gasteiger partial charge < -0.3 is 14.6 Å². The first-order valence-electron chi connectivity index (χ1n) is 12.5. The fourth-order valence-electron chi connectivity index (χ4n) is 4.31. The van der Waals surface area contributed by atoms with Gasteiger partial charge in [-0.3, -0.25) is 9.78 Å². The molecule has 0 bridgehead atoms. The molecule has 3 rings (SSSR count). The van der Waals surface area contributed by atoms with E-state index in [0.717, 1.165) is 48.2 Å². The van der Waals surface area contributed by atoms with Gasteiger partial charge in [-0.1, -0.05) is 28.3 Å². The second kappa shape index (κ2) is 12.8. The van der Waals surface area contributed by atoms with Crippen molar-refractivity contribution in [1.29, 1.82) is 0 Å². The normalized spacial score (nSPS) is 14.9. The van der Waals surface area contributed by atoms with E-state index in [2.05, 4.69) is 0 Å². The van der Waals surface area contributed by atoms with Gasteiger partial charge in [0.15, 0.2) is 11.6 Å². The lowest BCUT2D eigenvalue weighted by atomic mass is 9.86. The molecule has 10 heteroatoms. The number of aromatic nitrogens is 1. The van der Waals surface area contributed by atoms with Crippen LogP contribution in [0.25, 0.3) is 0 Å². The third kappa shape index (κ3) is 7.94. The topological polar surface area (TPSA) is 104 Å². The Labute approximate surface area is 218 Å². The summed E-state index contributed by atoms with van der Waals surface area (Å²) in [6.07, 6.45) is 5.93. The molecule has 0 radical (unpaired) electrons. The van der Waals surface area contributed by atoms with Gasteiger partial charge in [-0.15, -0.1) is 0 Å². The van der Waals surface area contributed by atoms with E-state index < -0.39 is 39.0 Å². The van der Waals surface area contributed by atoms with E-state index in [-0.39, 0.29) is 17.4 Å². The summed E-state index contributed by atoms with van der Waals surface area (Å²) in [5, 5.41) is 10.4. The second-order valence-electron chi connectivity index (χ2n) is 10.4. The molecule has 8 nitrogen and oxygen atoms in total. The van der Waals surface area contributed by atoms with Crippen molar-refractivity contribution < 1.29 is 37.4 Å². The van der Waals surface area contributed by atoms with Crippen molar-refractivity contribution >= 4 is 14.2 Å². The van der Waals surface area contributed by atoms with Gasteiger partial charge in [0.2, 0.25) is 13.6 Å². The number of ether oxygens (including phenoxy) is 2. The summed E-state index contributed by atoms with van der Waals surface area (Å²) in [7, 11) is -2.62.